The highest BCUT2D eigenvalue weighted by Crippen LogP contribution is 2.74. The maximum Gasteiger partial charge on any atom is 0.307 e. The van der Waals surface area contributed by atoms with E-state index < -0.39 is 11.9 Å². The topological polar surface area (TPSA) is 66.4 Å². The molecule has 4 saturated carbocycles. The Kier molecular flexibility index (Phi) is 3.34. The third-order valence-corrected chi connectivity index (χ3v) is 8.39. The van der Waals surface area contributed by atoms with Gasteiger partial charge in [-0.3, -0.25) is 9.59 Å². The maximum absolute atomic E-state index is 13.3. The van der Waals surface area contributed by atoms with Gasteiger partial charge in [-0.25, -0.2) is 0 Å². The molecule has 4 nitrogen and oxygen atoms in total. The van der Waals surface area contributed by atoms with Crippen LogP contribution in [0.4, 0.5) is 0 Å². The Labute approximate surface area is 155 Å². The summed E-state index contributed by atoms with van der Waals surface area (Å²) in [6.07, 6.45) is 13.0. The van der Waals surface area contributed by atoms with Crippen molar-refractivity contribution in [2.75, 3.05) is 0 Å². The third kappa shape index (κ3) is 2.13. The summed E-state index contributed by atoms with van der Waals surface area (Å²) >= 11 is 0. The van der Waals surface area contributed by atoms with Crippen LogP contribution in [0.15, 0.2) is 23.8 Å². The van der Waals surface area contributed by atoms with Gasteiger partial charge in [0.15, 0.2) is 0 Å². The molecule has 5 aliphatic carbocycles. The van der Waals surface area contributed by atoms with Crippen molar-refractivity contribution >= 4 is 11.9 Å². The zero-order chi connectivity index (χ0) is 18.3. The number of carbonyl (C=O) groups is 2. The Hall–Kier alpha value is -1.58. The maximum atomic E-state index is 13.3. The van der Waals surface area contributed by atoms with E-state index in [0.717, 1.165) is 38.5 Å². The Morgan fingerprint density at radius 1 is 1.12 bits per heavy atom. The van der Waals surface area contributed by atoms with Gasteiger partial charge in [-0.05, 0) is 68.6 Å². The molecule has 140 valence electrons. The molecule has 0 aromatic carbocycles. The van der Waals surface area contributed by atoms with Gasteiger partial charge in [0, 0.05) is 11.5 Å². The van der Waals surface area contributed by atoms with Gasteiger partial charge in [-0.2, -0.15) is 0 Å². The molecule has 6 unspecified atom stereocenters. The molecule has 5 aliphatic rings. The molecule has 6 atom stereocenters. The van der Waals surface area contributed by atoms with Gasteiger partial charge in [-0.15, -0.1) is 0 Å². The van der Waals surface area contributed by atoms with E-state index in [1.54, 1.807) is 0 Å². The predicted molar refractivity (Wildman–Crippen MR) is 98.2 cm³/mol. The van der Waals surface area contributed by atoms with E-state index in [9.17, 15) is 14.7 Å². The lowest BCUT2D eigenvalue weighted by atomic mass is 9.77. The van der Waals surface area contributed by atoms with Crippen LogP contribution < -0.4 is 5.32 Å². The van der Waals surface area contributed by atoms with Gasteiger partial charge in [0.2, 0.25) is 5.91 Å². The van der Waals surface area contributed by atoms with Crippen molar-refractivity contribution in [3.8, 4) is 0 Å². The standard InChI is InChI=1S/C22H29NO3/c1-12-3-4-14(13(2)11-12)22(9-10-22)23-19(24)17-15-5-6-16(18(17)20(25)26)21(15)7-8-21/h3-4,11,13-18H,5-10H2,1-2H3,(H,23,24)(H,25,26). The summed E-state index contributed by atoms with van der Waals surface area (Å²) in [6, 6.07) is 0. The Morgan fingerprint density at radius 3 is 2.31 bits per heavy atom. The molecule has 0 heterocycles. The molecule has 1 amide bonds. The van der Waals surface area contributed by atoms with Gasteiger partial charge in [0.1, 0.15) is 0 Å². The predicted octanol–water partition coefficient (Wildman–Crippen LogP) is 3.54. The molecule has 26 heavy (non-hydrogen) atoms. The molecule has 1 spiro atoms. The summed E-state index contributed by atoms with van der Waals surface area (Å²) in [6.45, 7) is 4.34. The van der Waals surface area contributed by atoms with Crippen molar-refractivity contribution in [2.24, 2.45) is 40.9 Å². The first-order valence-corrected chi connectivity index (χ1v) is 10.3. The van der Waals surface area contributed by atoms with Gasteiger partial charge >= 0.3 is 5.97 Å². The van der Waals surface area contributed by atoms with Gasteiger partial charge in [-0.1, -0.05) is 30.7 Å². The first kappa shape index (κ1) is 16.6. The lowest BCUT2D eigenvalue weighted by molar-refractivity contribution is -0.149. The molecule has 0 aromatic rings. The van der Waals surface area contributed by atoms with Crippen LogP contribution in [0.3, 0.4) is 0 Å². The van der Waals surface area contributed by atoms with Crippen LogP contribution in [0, 0.1) is 40.9 Å². The summed E-state index contributed by atoms with van der Waals surface area (Å²) < 4.78 is 0. The molecular formula is C22H29NO3. The lowest BCUT2D eigenvalue weighted by Crippen LogP contribution is -2.50. The number of carboxylic acid groups (broad SMARTS) is 1. The van der Waals surface area contributed by atoms with E-state index in [1.165, 1.54) is 5.57 Å². The number of hydrogen-bond donors (Lipinski definition) is 2. The number of carboxylic acids is 1. The van der Waals surface area contributed by atoms with Crippen molar-refractivity contribution in [1.29, 1.82) is 0 Å². The van der Waals surface area contributed by atoms with E-state index in [2.05, 4.69) is 37.4 Å². The summed E-state index contributed by atoms with van der Waals surface area (Å²) in [7, 11) is 0. The summed E-state index contributed by atoms with van der Waals surface area (Å²) in [5, 5.41) is 13.2. The third-order valence-electron chi connectivity index (χ3n) is 8.39. The molecule has 4 heteroatoms. The second kappa shape index (κ2) is 5.24. The minimum Gasteiger partial charge on any atom is -0.481 e. The SMILES string of the molecule is CC1=CC(C)C(C2(NC(=O)C3C(C(=O)O)C4CCC3C43CC3)CC2)C=C1. The van der Waals surface area contributed by atoms with Gasteiger partial charge in [0.05, 0.1) is 11.8 Å². The van der Waals surface area contributed by atoms with Crippen molar-refractivity contribution in [1.82, 2.24) is 5.32 Å². The van der Waals surface area contributed by atoms with Crippen LogP contribution >= 0.6 is 0 Å². The number of carbonyl (C=O) groups excluding carboxylic acids is 1. The van der Waals surface area contributed by atoms with Crippen molar-refractivity contribution < 1.29 is 14.7 Å². The number of amides is 1. The molecule has 2 bridgehead atoms. The highest BCUT2D eigenvalue weighted by Gasteiger charge is 2.72. The average molecular weight is 355 g/mol. The minimum atomic E-state index is -0.752. The number of allylic oxidation sites excluding steroid dienone is 3. The molecule has 0 saturated heterocycles. The zero-order valence-corrected chi connectivity index (χ0v) is 15.7. The number of rotatable bonds is 4. The fourth-order valence-corrected chi connectivity index (χ4v) is 7.04. The van der Waals surface area contributed by atoms with Crippen LogP contribution in [-0.4, -0.2) is 22.5 Å². The monoisotopic (exact) mass is 355 g/mol. The number of nitrogens with one attached hydrogen (secondary N) is 1. The fourth-order valence-electron chi connectivity index (χ4n) is 7.04. The normalized spacial score (nSPS) is 43.2. The highest BCUT2D eigenvalue weighted by atomic mass is 16.4. The van der Waals surface area contributed by atoms with Crippen molar-refractivity contribution in [2.45, 2.75) is 57.9 Å². The number of aliphatic carboxylic acids is 1. The van der Waals surface area contributed by atoms with Crippen molar-refractivity contribution in [3.05, 3.63) is 23.8 Å². The van der Waals surface area contributed by atoms with Crippen LogP contribution in [0.2, 0.25) is 0 Å². The minimum absolute atomic E-state index is 0.0280. The first-order chi connectivity index (χ1) is 12.4. The summed E-state index contributed by atoms with van der Waals surface area (Å²) in [5.41, 5.74) is 1.33. The summed E-state index contributed by atoms with van der Waals surface area (Å²) in [4.78, 5) is 25.3. The van der Waals surface area contributed by atoms with Crippen LogP contribution in [0.25, 0.3) is 0 Å². The molecular weight excluding hydrogens is 326 g/mol. The van der Waals surface area contributed by atoms with E-state index in [-0.39, 0.29) is 28.7 Å². The second-order valence-corrected chi connectivity index (χ2v) is 9.71. The second-order valence-electron chi connectivity index (χ2n) is 9.71. The zero-order valence-electron chi connectivity index (χ0n) is 15.7. The van der Waals surface area contributed by atoms with E-state index in [4.69, 9.17) is 0 Å². The smallest absolute Gasteiger partial charge is 0.307 e. The summed E-state index contributed by atoms with van der Waals surface area (Å²) in [5.74, 6) is -0.237. The fraction of sp³-hybridized carbons (Fsp3) is 0.727. The molecule has 0 aromatic heterocycles. The van der Waals surface area contributed by atoms with Crippen LogP contribution in [0.5, 0.6) is 0 Å². The molecule has 0 radical (unpaired) electrons. The lowest BCUT2D eigenvalue weighted by Gasteiger charge is -2.34. The Balaban J connectivity index is 1.37. The number of hydrogen-bond acceptors (Lipinski definition) is 2. The Morgan fingerprint density at radius 2 is 1.77 bits per heavy atom. The molecule has 4 fully saturated rings. The molecule has 0 aliphatic heterocycles. The van der Waals surface area contributed by atoms with E-state index in [1.807, 2.05) is 0 Å². The van der Waals surface area contributed by atoms with Crippen LogP contribution in [-0.2, 0) is 9.59 Å². The Bertz CT molecular complexity index is 728. The van der Waals surface area contributed by atoms with Gasteiger partial charge < -0.3 is 10.4 Å². The van der Waals surface area contributed by atoms with Crippen molar-refractivity contribution in [3.63, 3.8) is 0 Å². The largest absolute Gasteiger partial charge is 0.481 e. The van der Waals surface area contributed by atoms with E-state index >= 15 is 0 Å². The van der Waals surface area contributed by atoms with Gasteiger partial charge in [0.25, 0.3) is 0 Å². The first-order valence-electron chi connectivity index (χ1n) is 10.3. The average Bonchev–Trinajstić information content (AvgIpc) is 3.46. The molecule has 2 N–H and O–H groups in total. The van der Waals surface area contributed by atoms with Crippen LogP contribution in [0.1, 0.15) is 52.4 Å². The molecule has 5 rings (SSSR count). The quantitative estimate of drug-likeness (QED) is 0.810. The highest BCUT2D eigenvalue weighted by molar-refractivity contribution is 5.87. The van der Waals surface area contributed by atoms with E-state index in [0.29, 0.717) is 17.8 Å².